The molecule has 0 radical (unpaired) electrons. The molecule has 0 aromatic heterocycles. The number of amides is 1. The van der Waals surface area contributed by atoms with E-state index in [1.165, 1.54) is 0 Å². The Morgan fingerprint density at radius 1 is 0.629 bits per heavy atom. The van der Waals surface area contributed by atoms with Crippen molar-refractivity contribution in [3.05, 3.63) is 0 Å². The topological polar surface area (TPSA) is 154 Å². The molecule has 0 aromatic rings. The number of carbonyl (C=O) groups excluding carboxylic acids is 1. The molecule has 1 aliphatic heterocycles. The number of unbranched alkanes of at least 4 members (excludes halogenated alkanes) is 1. The molecule has 35 heavy (non-hydrogen) atoms. The Labute approximate surface area is 207 Å². The van der Waals surface area contributed by atoms with E-state index >= 15 is 0 Å². The quantitative estimate of drug-likeness (QED) is 0.239. The van der Waals surface area contributed by atoms with E-state index < -0.39 is 17.9 Å². The highest BCUT2D eigenvalue weighted by Gasteiger charge is 2.21. The maximum Gasteiger partial charge on any atom is 0.317 e. The van der Waals surface area contributed by atoms with Crippen molar-refractivity contribution >= 4 is 23.8 Å². The van der Waals surface area contributed by atoms with Gasteiger partial charge in [-0.3, -0.25) is 38.8 Å². The standard InChI is InChI=1S/C23H43N5O7/c1-19(2)5-3-4-6-24-20(29)15-25-7-9-26(16-21(30)31)11-13-28(18-23(34)35)14-12-27(10-8-25)17-22(32)33/h19H,3-18H2,1-2H3,(H,24,29)(H,30,31)(H,32,33)(H,34,35). The fraction of sp³-hybridized carbons (Fsp3) is 0.826. The van der Waals surface area contributed by atoms with Crippen molar-refractivity contribution in [2.75, 3.05) is 85.1 Å². The van der Waals surface area contributed by atoms with E-state index in [4.69, 9.17) is 0 Å². The van der Waals surface area contributed by atoms with Crippen LogP contribution in [0.2, 0.25) is 0 Å². The molecule has 0 aromatic carbocycles. The summed E-state index contributed by atoms with van der Waals surface area (Å²) < 4.78 is 0. The van der Waals surface area contributed by atoms with Gasteiger partial charge < -0.3 is 20.6 Å². The van der Waals surface area contributed by atoms with Crippen molar-refractivity contribution in [1.82, 2.24) is 24.9 Å². The molecule has 0 bridgehead atoms. The molecule has 0 saturated carbocycles. The molecule has 1 amide bonds. The van der Waals surface area contributed by atoms with Gasteiger partial charge in [0, 0.05) is 58.9 Å². The van der Waals surface area contributed by atoms with Gasteiger partial charge in [0.1, 0.15) is 0 Å². The fourth-order valence-electron chi connectivity index (χ4n) is 3.95. The number of nitrogens with one attached hydrogen (secondary N) is 1. The van der Waals surface area contributed by atoms with Gasteiger partial charge >= 0.3 is 17.9 Å². The Balaban J connectivity index is 2.80. The number of carboxylic acid groups (broad SMARTS) is 3. The number of nitrogens with zero attached hydrogens (tertiary/aromatic N) is 4. The van der Waals surface area contributed by atoms with Crippen LogP contribution in [0.4, 0.5) is 0 Å². The Hall–Kier alpha value is -2.28. The zero-order valence-electron chi connectivity index (χ0n) is 21.2. The predicted octanol–water partition coefficient (Wildman–Crippen LogP) is -0.596. The maximum atomic E-state index is 12.5. The summed E-state index contributed by atoms with van der Waals surface area (Å²) in [4.78, 5) is 53.5. The van der Waals surface area contributed by atoms with Crippen LogP contribution in [0.15, 0.2) is 0 Å². The number of carboxylic acids is 3. The smallest absolute Gasteiger partial charge is 0.317 e. The van der Waals surface area contributed by atoms with Crippen molar-refractivity contribution in [3.8, 4) is 0 Å². The van der Waals surface area contributed by atoms with E-state index in [2.05, 4.69) is 19.2 Å². The Kier molecular flexibility index (Phi) is 15.1. The van der Waals surface area contributed by atoms with E-state index in [0.717, 1.165) is 19.3 Å². The Morgan fingerprint density at radius 3 is 1.29 bits per heavy atom. The Bertz CT molecular complexity index is 645. The highest BCUT2D eigenvalue weighted by atomic mass is 16.4. The summed E-state index contributed by atoms with van der Waals surface area (Å²) >= 11 is 0. The summed E-state index contributed by atoms with van der Waals surface area (Å²) in [5, 5.41) is 30.7. The van der Waals surface area contributed by atoms with Gasteiger partial charge in [-0.25, -0.2) is 0 Å². The van der Waals surface area contributed by atoms with Crippen molar-refractivity contribution in [1.29, 1.82) is 0 Å². The molecule has 1 fully saturated rings. The molecular weight excluding hydrogens is 458 g/mol. The lowest BCUT2D eigenvalue weighted by atomic mass is 10.1. The van der Waals surface area contributed by atoms with Crippen molar-refractivity contribution in [2.24, 2.45) is 5.92 Å². The average molecular weight is 502 g/mol. The first-order valence-electron chi connectivity index (χ1n) is 12.4. The minimum absolute atomic E-state index is 0.108. The van der Waals surface area contributed by atoms with Crippen LogP contribution in [0.3, 0.4) is 0 Å². The molecule has 1 aliphatic rings. The van der Waals surface area contributed by atoms with E-state index in [1.54, 1.807) is 14.7 Å². The second kappa shape index (κ2) is 17.2. The summed E-state index contributed by atoms with van der Waals surface area (Å²) in [5.41, 5.74) is 0. The highest BCUT2D eigenvalue weighted by Crippen LogP contribution is 2.05. The fourth-order valence-corrected chi connectivity index (χ4v) is 3.95. The van der Waals surface area contributed by atoms with Crippen molar-refractivity contribution in [2.45, 2.75) is 33.1 Å². The third-order valence-corrected chi connectivity index (χ3v) is 5.90. The van der Waals surface area contributed by atoms with E-state index in [9.17, 15) is 34.5 Å². The number of hydrogen-bond acceptors (Lipinski definition) is 8. The second-order valence-electron chi connectivity index (χ2n) is 9.53. The molecule has 12 nitrogen and oxygen atoms in total. The first-order chi connectivity index (χ1) is 16.5. The minimum Gasteiger partial charge on any atom is -0.480 e. The van der Waals surface area contributed by atoms with E-state index in [0.29, 0.717) is 64.8 Å². The van der Waals surface area contributed by atoms with Crippen LogP contribution >= 0.6 is 0 Å². The van der Waals surface area contributed by atoms with Gasteiger partial charge in [-0.2, -0.15) is 0 Å². The summed E-state index contributed by atoms with van der Waals surface area (Å²) in [5.74, 6) is -2.41. The molecule has 0 aliphatic carbocycles. The third-order valence-electron chi connectivity index (χ3n) is 5.90. The summed E-state index contributed by atoms with van der Waals surface area (Å²) in [6.45, 7) is 7.60. The number of rotatable bonds is 13. The zero-order valence-corrected chi connectivity index (χ0v) is 21.2. The second-order valence-corrected chi connectivity index (χ2v) is 9.53. The van der Waals surface area contributed by atoms with Crippen LogP contribution in [-0.4, -0.2) is 144 Å². The van der Waals surface area contributed by atoms with Gasteiger partial charge in [-0.15, -0.1) is 0 Å². The molecule has 1 rings (SSSR count). The predicted molar refractivity (Wildman–Crippen MR) is 130 cm³/mol. The lowest BCUT2D eigenvalue weighted by Gasteiger charge is -2.32. The van der Waals surface area contributed by atoms with Gasteiger partial charge in [-0.1, -0.05) is 26.7 Å². The van der Waals surface area contributed by atoms with Crippen molar-refractivity contribution in [3.63, 3.8) is 0 Å². The van der Waals surface area contributed by atoms with Gasteiger partial charge in [-0.05, 0) is 12.3 Å². The van der Waals surface area contributed by atoms with Crippen LogP contribution in [-0.2, 0) is 19.2 Å². The summed E-state index contributed by atoms with van der Waals surface area (Å²) in [6.07, 6.45) is 3.08. The van der Waals surface area contributed by atoms with Crippen LogP contribution in [0.25, 0.3) is 0 Å². The molecule has 0 atom stereocenters. The molecule has 202 valence electrons. The molecular formula is C23H43N5O7. The van der Waals surface area contributed by atoms with Gasteiger partial charge in [0.15, 0.2) is 0 Å². The van der Waals surface area contributed by atoms with Crippen LogP contribution < -0.4 is 5.32 Å². The Morgan fingerprint density at radius 2 is 0.971 bits per heavy atom. The van der Waals surface area contributed by atoms with E-state index in [1.807, 2.05) is 4.90 Å². The van der Waals surface area contributed by atoms with Crippen LogP contribution in [0, 0.1) is 5.92 Å². The molecule has 0 spiro atoms. The molecule has 0 unspecified atom stereocenters. The molecule has 12 heteroatoms. The van der Waals surface area contributed by atoms with Gasteiger partial charge in [0.25, 0.3) is 0 Å². The van der Waals surface area contributed by atoms with Gasteiger partial charge in [0.05, 0.1) is 26.2 Å². The third kappa shape index (κ3) is 16.1. The number of carbonyl (C=O) groups is 4. The summed E-state index contributed by atoms with van der Waals surface area (Å²) in [6, 6.07) is 0. The van der Waals surface area contributed by atoms with Crippen molar-refractivity contribution < 1.29 is 34.5 Å². The zero-order chi connectivity index (χ0) is 26.2. The number of hydrogen-bond donors (Lipinski definition) is 4. The maximum absolute atomic E-state index is 12.5. The lowest BCUT2D eigenvalue weighted by molar-refractivity contribution is -0.140. The highest BCUT2D eigenvalue weighted by molar-refractivity contribution is 5.78. The molecule has 1 saturated heterocycles. The summed E-state index contributed by atoms with van der Waals surface area (Å²) in [7, 11) is 0. The molecule has 4 N–H and O–H groups in total. The average Bonchev–Trinajstić information content (AvgIpc) is 2.74. The number of aliphatic carboxylic acids is 3. The lowest BCUT2D eigenvalue weighted by Crippen LogP contribution is -2.49. The van der Waals surface area contributed by atoms with Crippen LogP contribution in [0.1, 0.15) is 33.1 Å². The molecule has 1 heterocycles. The van der Waals surface area contributed by atoms with Gasteiger partial charge in [0.2, 0.25) is 5.91 Å². The first kappa shape index (κ1) is 30.8. The van der Waals surface area contributed by atoms with E-state index in [-0.39, 0.29) is 32.1 Å². The normalized spacial score (nSPS) is 18.0. The first-order valence-corrected chi connectivity index (χ1v) is 12.4. The minimum atomic E-state index is -0.993. The van der Waals surface area contributed by atoms with Crippen LogP contribution in [0.5, 0.6) is 0 Å². The monoisotopic (exact) mass is 501 g/mol. The largest absolute Gasteiger partial charge is 0.480 e. The SMILES string of the molecule is CC(C)CCCCNC(=O)CN1CCN(CC(=O)O)CCN(CC(=O)O)CCN(CC(=O)O)CC1.